The van der Waals surface area contributed by atoms with Gasteiger partial charge in [0.15, 0.2) is 0 Å². The molecule has 1 saturated heterocycles. The summed E-state index contributed by atoms with van der Waals surface area (Å²) in [5.74, 6) is 0.620. The third-order valence-electron chi connectivity index (χ3n) is 5.74. The summed E-state index contributed by atoms with van der Waals surface area (Å²) in [6.07, 6.45) is 8.56. The summed E-state index contributed by atoms with van der Waals surface area (Å²) in [4.78, 5) is 26.8. The first kappa shape index (κ1) is 19.2. The number of hydrogen-bond donors (Lipinski definition) is 1. The molecule has 5 heteroatoms. The number of likely N-dealkylation sites (tertiary alicyclic amines) is 1. The van der Waals surface area contributed by atoms with E-state index >= 15 is 0 Å². The number of nitrogens with zero attached hydrogens (tertiary/aromatic N) is 1. The average Bonchev–Trinajstić information content (AvgIpc) is 2.68. The fraction of sp³-hybridized carbons (Fsp3) is 0.619. The van der Waals surface area contributed by atoms with E-state index in [1.807, 2.05) is 29.2 Å². The zero-order valence-corrected chi connectivity index (χ0v) is 16.1. The van der Waals surface area contributed by atoms with Gasteiger partial charge in [-0.2, -0.15) is 0 Å². The minimum atomic E-state index is 0.182. The van der Waals surface area contributed by atoms with E-state index in [1.165, 1.54) is 19.3 Å². The lowest BCUT2D eigenvalue weighted by Gasteiger charge is -2.33. The highest BCUT2D eigenvalue weighted by Crippen LogP contribution is 2.24. The van der Waals surface area contributed by atoms with E-state index in [1.54, 1.807) is 0 Å². The minimum absolute atomic E-state index is 0.182. The van der Waals surface area contributed by atoms with Crippen LogP contribution in [0.4, 0.5) is 0 Å². The van der Waals surface area contributed by atoms with Gasteiger partial charge in [0.2, 0.25) is 11.8 Å². The largest absolute Gasteiger partial charge is 0.353 e. The maximum absolute atomic E-state index is 12.5. The summed E-state index contributed by atoms with van der Waals surface area (Å²) < 4.78 is 0. The summed E-state index contributed by atoms with van der Waals surface area (Å²) in [5.41, 5.74) is 1.03. The van der Waals surface area contributed by atoms with Gasteiger partial charge in [-0.3, -0.25) is 9.59 Å². The Morgan fingerprint density at radius 2 is 1.73 bits per heavy atom. The quantitative estimate of drug-likeness (QED) is 0.845. The highest BCUT2D eigenvalue weighted by Gasteiger charge is 2.27. The fourth-order valence-corrected chi connectivity index (χ4v) is 4.29. The molecule has 26 heavy (non-hydrogen) atoms. The molecule has 0 bridgehead atoms. The molecule has 2 fully saturated rings. The molecular weight excluding hydrogens is 348 g/mol. The molecule has 0 spiro atoms. The molecule has 1 aliphatic carbocycles. The number of halogens is 1. The highest BCUT2D eigenvalue weighted by atomic mass is 35.5. The number of aryl methyl sites for hydroxylation is 1. The Balaban J connectivity index is 1.39. The molecule has 0 radical (unpaired) electrons. The van der Waals surface area contributed by atoms with Crippen LogP contribution in [0, 0.1) is 5.92 Å². The molecule has 2 aliphatic rings. The highest BCUT2D eigenvalue weighted by molar-refractivity contribution is 6.31. The summed E-state index contributed by atoms with van der Waals surface area (Å²) in [6, 6.07) is 7.91. The predicted molar refractivity (Wildman–Crippen MR) is 104 cm³/mol. The van der Waals surface area contributed by atoms with Crippen LogP contribution < -0.4 is 5.32 Å². The zero-order valence-electron chi connectivity index (χ0n) is 15.4. The average molecular weight is 377 g/mol. The van der Waals surface area contributed by atoms with Gasteiger partial charge < -0.3 is 10.2 Å². The molecule has 1 aromatic rings. The van der Waals surface area contributed by atoms with Crippen molar-refractivity contribution in [1.82, 2.24) is 10.2 Å². The molecular formula is C21H29ClN2O2. The molecule has 0 atom stereocenters. The molecule has 1 heterocycles. The topological polar surface area (TPSA) is 49.4 Å². The van der Waals surface area contributed by atoms with Crippen LogP contribution in [0.2, 0.25) is 5.02 Å². The van der Waals surface area contributed by atoms with Crippen LogP contribution in [-0.2, 0) is 16.0 Å². The van der Waals surface area contributed by atoms with Gasteiger partial charge >= 0.3 is 0 Å². The number of piperidine rings is 1. The van der Waals surface area contributed by atoms with E-state index < -0.39 is 0 Å². The number of hydrogen-bond acceptors (Lipinski definition) is 2. The van der Waals surface area contributed by atoms with Gasteiger partial charge in [-0.1, -0.05) is 49.1 Å². The lowest BCUT2D eigenvalue weighted by molar-refractivity contribution is -0.132. The Hall–Kier alpha value is -1.55. The van der Waals surface area contributed by atoms with Crippen molar-refractivity contribution in [3.8, 4) is 0 Å². The van der Waals surface area contributed by atoms with Crippen molar-refractivity contribution in [3.05, 3.63) is 34.9 Å². The number of benzene rings is 1. The summed E-state index contributed by atoms with van der Waals surface area (Å²) >= 11 is 6.16. The number of nitrogens with one attached hydrogen (secondary N) is 1. The third-order valence-corrected chi connectivity index (χ3v) is 6.10. The van der Waals surface area contributed by atoms with Crippen molar-refractivity contribution in [2.24, 2.45) is 5.92 Å². The van der Waals surface area contributed by atoms with E-state index in [4.69, 9.17) is 11.6 Å². The van der Waals surface area contributed by atoms with Crippen LogP contribution in [-0.4, -0.2) is 35.8 Å². The Bertz CT molecular complexity index is 620. The monoisotopic (exact) mass is 376 g/mol. The molecule has 1 saturated carbocycles. The van der Waals surface area contributed by atoms with Crippen LogP contribution >= 0.6 is 11.6 Å². The SMILES string of the molecule is O=C(NC1CCN(C(=O)CCc2ccccc2Cl)CC1)C1CCCCC1. The van der Waals surface area contributed by atoms with E-state index in [-0.39, 0.29) is 23.8 Å². The molecule has 0 aromatic heterocycles. The first-order chi connectivity index (χ1) is 12.6. The van der Waals surface area contributed by atoms with Crippen molar-refractivity contribution in [3.63, 3.8) is 0 Å². The number of carbonyl (C=O) groups excluding carboxylic acids is 2. The molecule has 4 nitrogen and oxygen atoms in total. The van der Waals surface area contributed by atoms with E-state index in [0.29, 0.717) is 12.8 Å². The Morgan fingerprint density at radius 3 is 2.42 bits per heavy atom. The van der Waals surface area contributed by atoms with E-state index in [2.05, 4.69) is 5.32 Å². The molecule has 142 valence electrons. The first-order valence-electron chi connectivity index (χ1n) is 9.95. The summed E-state index contributed by atoms with van der Waals surface area (Å²) in [7, 11) is 0. The lowest BCUT2D eigenvalue weighted by Crippen LogP contribution is -2.48. The molecule has 1 aromatic carbocycles. The molecule has 2 amide bonds. The van der Waals surface area contributed by atoms with Gasteiger partial charge in [0, 0.05) is 36.5 Å². The second-order valence-corrected chi connectivity index (χ2v) is 8.00. The zero-order chi connectivity index (χ0) is 18.4. The first-order valence-corrected chi connectivity index (χ1v) is 10.3. The van der Waals surface area contributed by atoms with Gasteiger partial charge in [0.1, 0.15) is 0 Å². The van der Waals surface area contributed by atoms with Crippen molar-refractivity contribution in [1.29, 1.82) is 0 Å². The maximum Gasteiger partial charge on any atom is 0.223 e. The standard InChI is InChI=1S/C21H29ClN2O2/c22-19-9-5-4-6-16(19)10-11-20(25)24-14-12-18(13-15-24)23-21(26)17-7-2-1-3-8-17/h4-6,9,17-18H,1-3,7-8,10-15H2,(H,23,26). The predicted octanol–water partition coefficient (Wildman–Crippen LogP) is 3.96. The molecule has 3 rings (SSSR count). The van der Waals surface area contributed by atoms with Crippen LogP contribution in [0.15, 0.2) is 24.3 Å². The third kappa shape index (κ3) is 5.23. The minimum Gasteiger partial charge on any atom is -0.353 e. The van der Waals surface area contributed by atoms with Crippen LogP contribution in [0.5, 0.6) is 0 Å². The van der Waals surface area contributed by atoms with Crippen molar-refractivity contribution in [2.45, 2.75) is 63.8 Å². The van der Waals surface area contributed by atoms with Crippen molar-refractivity contribution < 1.29 is 9.59 Å². The van der Waals surface area contributed by atoms with Gasteiger partial charge in [-0.25, -0.2) is 0 Å². The second kappa shape index (κ2) is 9.40. The van der Waals surface area contributed by atoms with E-state index in [0.717, 1.165) is 49.4 Å². The molecule has 1 N–H and O–H groups in total. The maximum atomic E-state index is 12.5. The number of carbonyl (C=O) groups is 2. The van der Waals surface area contributed by atoms with Crippen molar-refractivity contribution >= 4 is 23.4 Å². The van der Waals surface area contributed by atoms with Gasteiger partial charge in [-0.15, -0.1) is 0 Å². The van der Waals surface area contributed by atoms with Crippen LogP contribution in [0.25, 0.3) is 0 Å². The fourth-order valence-electron chi connectivity index (χ4n) is 4.06. The Labute approximate surface area is 161 Å². The molecule has 1 aliphatic heterocycles. The van der Waals surface area contributed by atoms with Gasteiger partial charge in [-0.05, 0) is 43.7 Å². The smallest absolute Gasteiger partial charge is 0.223 e. The summed E-state index contributed by atoms with van der Waals surface area (Å²) in [6.45, 7) is 1.47. The van der Waals surface area contributed by atoms with Crippen molar-refractivity contribution in [2.75, 3.05) is 13.1 Å². The van der Waals surface area contributed by atoms with Gasteiger partial charge in [0.25, 0.3) is 0 Å². The van der Waals surface area contributed by atoms with Gasteiger partial charge in [0.05, 0.1) is 0 Å². The summed E-state index contributed by atoms with van der Waals surface area (Å²) in [5, 5.41) is 3.95. The Kier molecular flexibility index (Phi) is 6.95. The molecule has 0 unspecified atom stereocenters. The van der Waals surface area contributed by atoms with E-state index in [9.17, 15) is 9.59 Å². The van der Waals surface area contributed by atoms with Crippen LogP contribution in [0.1, 0.15) is 56.9 Å². The number of amides is 2. The second-order valence-electron chi connectivity index (χ2n) is 7.59. The Morgan fingerprint density at radius 1 is 1.04 bits per heavy atom. The lowest BCUT2D eigenvalue weighted by atomic mass is 9.88. The number of rotatable bonds is 5. The normalized spacial score (nSPS) is 19.3. The van der Waals surface area contributed by atoms with Crippen LogP contribution in [0.3, 0.4) is 0 Å².